The average Bonchev–Trinajstić information content (AvgIpc) is 2.42. The van der Waals surface area contributed by atoms with Gasteiger partial charge in [-0.1, -0.05) is 12.2 Å². The van der Waals surface area contributed by atoms with Crippen LogP contribution in [0.4, 0.5) is 5.69 Å². The molecule has 0 saturated carbocycles. The fourth-order valence-corrected chi connectivity index (χ4v) is 2.23. The summed E-state index contributed by atoms with van der Waals surface area (Å²) in [6.07, 6.45) is 4.45. The molecule has 0 unspecified atom stereocenters. The Labute approximate surface area is 112 Å². The number of fused-ring (bicyclic) bond motifs is 1. The standard InChI is InChI=1S/C16H18N2O/c1-4-6-12-13-7-10-16(19)18(3)15(13)9-8-14(12)17-11-5-2/h4-5,7-10,17H,1-2,6,11H2,3H3. The first kappa shape index (κ1) is 13.1. The van der Waals surface area contributed by atoms with Crippen molar-refractivity contribution >= 4 is 16.6 Å². The van der Waals surface area contributed by atoms with E-state index in [0.29, 0.717) is 6.54 Å². The minimum Gasteiger partial charge on any atom is -0.381 e. The molecule has 0 saturated heterocycles. The van der Waals surface area contributed by atoms with Gasteiger partial charge in [0.2, 0.25) is 0 Å². The fourth-order valence-electron chi connectivity index (χ4n) is 2.23. The lowest BCUT2D eigenvalue weighted by molar-refractivity contribution is 0.905. The van der Waals surface area contributed by atoms with Crippen molar-refractivity contribution in [1.29, 1.82) is 0 Å². The Kier molecular flexibility index (Phi) is 3.85. The predicted octanol–water partition coefficient (Wildman–Crippen LogP) is 2.86. The Bertz CT molecular complexity index is 683. The summed E-state index contributed by atoms with van der Waals surface area (Å²) >= 11 is 0. The van der Waals surface area contributed by atoms with Crippen LogP contribution in [0.5, 0.6) is 0 Å². The molecule has 0 radical (unpaired) electrons. The summed E-state index contributed by atoms with van der Waals surface area (Å²) < 4.78 is 1.67. The molecule has 2 aromatic rings. The van der Waals surface area contributed by atoms with Gasteiger partial charge in [-0.05, 0) is 30.2 Å². The van der Waals surface area contributed by atoms with Gasteiger partial charge >= 0.3 is 0 Å². The predicted molar refractivity (Wildman–Crippen MR) is 81.8 cm³/mol. The van der Waals surface area contributed by atoms with E-state index >= 15 is 0 Å². The number of nitrogens with zero attached hydrogens (tertiary/aromatic N) is 1. The smallest absolute Gasteiger partial charge is 0.250 e. The van der Waals surface area contributed by atoms with Gasteiger partial charge in [0.1, 0.15) is 0 Å². The summed E-state index contributed by atoms with van der Waals surface area (Å²) in [6, 6.07) is 7.46. The third-order valence-electron chi connectivity index (χ3n) is 3.20. The molecule has 1 N–H and O–H groups in total. The molecule has 2 rings (SSSR count). The van der Waals surface area contributed by atoms with Gasteiger partial charge in [0, 0.05) is 30.7 Å². The number of hydrogen-bond acceptors (Lipinski definition) is 2. The van der Waals surface area contributed by atoms with Crippen LogP contribution >= 0.6 is 0 Å². The molecule has 1 heterocycles. The van der Waals surface area contributed by atoms with E-state index in [0.717, 1.165) is 28.6 Å². The molecule has 0 aliphatic heterocycles. The fraction of sp³-hybridized carbons (Fsp3) is 0.188. The lowest BCUT2D eigenvalue weighted by Gasteiger charge is -2.14. The second kappa shape index (κ2) is 5.57. The Morgan fingerprint density at radius 3 is 2.68 bits per heavy atom. The molecule has 0 amide bonds. The van der Waals surface area contributed by atoms with Crippen LogP contribution < -0.4 is 10.9 Å². The number of nitrogens with one attached hydrogen (secondary N) is 1. The maximum absolute atomic E-state index is 11.7. The van der Waals surface area contributed by atoms with Crippen molar-refractivity contribution in [3.63, 3.8) is 0 Å². The van der Waals surface area contributed by atoms with Crippen molar-refractivity contribution in [3.05, 3.63) is 65.5 Å². The van der Waals surface area contributed by atoms with Crippen LogP contribution in [0.3, 0.4) is 0 Å². The first-order chi connectivity index (χ1) is 9.19. The zero-order chi connectivity index (χ0) is 13.8. The Morgan fingerprint density at radius 2 is 2.00 bits per heavy atom. The van der Waals surface area contributed by atoms with Crippen LogP contribution in [0.2, 0.25) is 0 Å². The van der Waals surface area contributed by atoms with Crippen molar-refractivity contribution in [2.24, 2.45) is 7.05 Å². The quantitative estimate of drug-likeness (QED) is 0.832. The van der Waals surface area contributed by atoms with Crippen LogP contribution in [0.25, 0.3) is 10.9 Å². The third-order valence-corrected chi connectivity index (χ3v) is 3.20. The molecule has 0 spiro atoms. The largest absolute Gasteiger partial charge is 0.381 e. The summed E-state index contributed by atoms with van der Waals surface area (Å²) in [4.78, 5) is 11.7. The number of aromatic nitrogens is 1. The molecular formula is C16H18N2O. The van der Waals surface area contributed by atoms with Crippen molar-refractivity contribution in [2.75, 3.05) is 11.9 Å². The van der Waals surface area contributed by atoms with Crippen molar-refractivity contribution in [2.45, 2.75) is 6.42 Å². The van der Waals surface area contributed by atoms with E-state index in [9.17, 15) is 4.79 Å². The summed E-state index contributed by atoms with van der Waals surface area (Å²) in [5.41, 5.74) is 3.16. The van der Waals surface area contributed by atoms with Crippen LogP contribution in [0.15, 0.2) is 54.4 Å². The monoisotopic (exact) mass is 254 g/mol. The summed E-state index contributed by atoms with van der Waals surface area (Å²) in [7, 11) is 1.79. The number of hydrogen-bond donors (Lipinski definition) is 1. The number of aryl methyl sites for hydroxylation is 1. The van der Waals surface area contributed by atoms with Gasteiger partial charge in [0.15, 0.2) is 0 Å². The normalized spacial score (nSPS) is 10.4. The van der Waals surface area contributed by atoms with Gasteiger partial charge in [0.25, 0.3) is 5.56 Å². The van der Waals surface area contributed by atoms with E-state index in [4.69, 9.17) is 0 Å². The summed E-state index contributed by atoms with van der Waals surface area (Å²) in [6.45, 7) is 8.23. The zero-order valence-corrected chi connectivity index (χ0v) is 11.1. The maximum atomic E-state index is 11.7. The van der Waals surface area contributed by atoms with Crippen LogP contribution in [0.1, 0.15) is 5.56 Å². The molecule has 3 heteroatoms. The van der Waals surface area contributed by atoms with Crippen LogP contribution in [-0.4, -0.2) is 11.1 Å². The van der Waals surface area contributed by atoms with Gasteiger partial charge in [0.05, 0.1) is 5.52 Å². The highest BCUT2D eigenvalue weighted by Gasteiger charge is 2.08. The van der Waals surface area contributed by atoms with E-state index in [-0.39, 0.29) is 5.56 Å². The van der Waals surface area contributed by atoms with Gasteiger partial charge in [-0.3, -0.25) is 4.79 Å². The molecular weight excluding hydrogens is 236 g/mol. The zero-order valence-electron chi connectivity index (χ0n) is 11.1. The average molecular weight is 254 g/mol. The van der Waals surface area contributed by atoms with Crippen LogP contribution in [0, 0.1) is 0 Å². The lowest BCUT2D eigenvalue weighted by Crippen LogP contribution is -2.15. The molecule has 0 aliphatic carbocycles. The number of benzene rings is 1. The van der Waals surface area contributed by atoms with Crippen molar-refractivity contribution < 1.29 is 0 Å². The number of anilines is 1. The highest BCUT2D eigenvalue weighted by Crippen LogP contribution is 2.26. The molecule has 0 atom stereocenters. The number of allylic oxidation sites excluding steroid dienone is 1. The minimum atomic E-state index is 0.00357. The first-order valence-corrected chi connectivity index (χ1v) is 6.26. The van der Waals surface area contributed by atoms with Gasteiger partial charge in [-0.15, -0.1) is 13.2 Å². The molecule has 1 aromatic heterocycles. The first-order valence-electron chi connectivity index (χ1n) is 6.26. The Hall–Kier alpha value is -2.29. The number of pyridine rings is 1. The summed E-state index contributed by atoms with van der Waals surface area (Å²) in [5.74, 6) is 0. The number of rotatable bonds is 5. The molecule has 0 fully saturated rings. The van der Waals surface area contributed by atoms with Gasteiger partial charge in [-0.25, -0.2) is 0 Å². The van der Waals surface area contributed by atoms with Crippen LogP contribution in [-0.2, 0) is 13.5 Å². The minimum absolute atomic E-state index is 0.00357. The Morgan fingerprint density at radius 1 is 1.21 bits per heavy atom. The van der Waals surface area contributed by atoms with E-state index in [2.05, 4.69) is 18.5 Å². The molecule has 19 heavy (non-hydrogen) atoms. The highest BCUT2D eigenvalue weighted by atomic mass is 16.1. The van der Waals surface area contributed by atoms with Crippen molar-refractivity contribution in [3.8, 4) is 0 Å². The van der Waals surface area contributed by atoms with E-state index in [1.165, 1.54) is 0 Å². The molecule has 0 aliphatic rings. The van der Waals surface area contributed by atoms with E-state index < -0.39 is 0 Å². The summed E-state index contributed by atoms with van der Waals surface area (Å²) in [5, 5.41) is 4.40. The SMILES string of the molecule is C=CCNc1ccc2c(ccc(=O)n2C)c1CC=C. The highest BCUT2D eigenvalue weighted by molar-refractivity contribution is 5.88. The van der Waals surface area contributed by atoms with Gasteiger partial charge in [-0.2, -0.15) is 0 Å². The van der Waals surface area contributed by atoms with Gasteiger partial charge < -0.3 is 9.88 Å². The molecule has 98 valence electrons. The molecule has 0 bridgehead atoms. The van der Waals surface area contributed by atoms with E-state index in [1.54, 1.807) is 17.7 Å². The van der Waals surface area contributed by atoms with Crippen molar-refractivity contribution in [1.82, 2.24) is 4.57 Å². The Balaban J connectivity index is 2.69. The molecule has 1 aromatic carbocycles. The maximum Gasteiger partial charge on any atom is 0.250 e. The second-order valence-electron chi connectivity index (χ2n) is 4.42. The van der Waals surface area contributed by atoms with E-state index in [1.807, 2.05) is 30.4 Å². The second-order valence-corrected chi connectivity index (χ2v) is 4.42. The third kappa shape index (κ3) is 2.45. The lowest BCUT2D eigenvalue weighted by atomic mass is 10.0. The molecule has 3 nitrogen and oxygen atoms in total. The topological polar surface area (TPSA) is 34.0 Å².